The number of carbonyl (C=O) groups is 2. The second kappa shape index (κ2) is 12.5. The minimum Gasteiger partial charge on any atom is -0.490 e. The minimum atomic E-state index is -0.364. The number of ether oxygens (including phenoxy) is 2. The van der Waals surface area contributed by atoms with Crippen LogP contribution >= 0.6 is 34.2 Å². The van der Waals surface area contributed by atoms with Gasteiger partial charge in [-0.05, 0) is 79.3 Å². The van der Waals surface area contributed by atoms with Crippen molar-refractivity contribution in [3.8, 4) is 11.5 Å². The van der Waals surface area contributed by atoms with E-state index in [-0.39, 0.29) is 30.8 Å². The minimum absolute atomic E-state index is 0.00658. The fraction of sp³-hybridized carbons (Fsp3) is 0.318. The Morgan fingerprint density at radius 1 is 1.19 bits per heavy atom. The summed E-state index contributed by atoms with van der Waals surface area (Å²) in [6.45, 7) is 6.30. The summed E-state index contributed by atoms with van der Waals surface area (Å²) in [6, 6.07) is 10.5. The number of benzene rings is 2. The van der Waals surface area contributed by atoms with Crippen molar-refractivity contribution in [2.24, 2.45) is 5.10 Å². The smallest absolute Gasteiger partial charge is 0.240 e. The molecular formula is C22H25ClIN3O4. The first-order chi connectivity index (χ1) is 14.8. The molecule has 2 aromatic carbocycles. The predicted octanol–water partition coefficient (Wildman–Crippen LogP) is 5.00. The number of rotatable bonds is 10. The number of halogens is 2. The van der Waals surface area contributed by atoms with Crippen molar-refractivity contribution in [1.82, 2.24) is 5.43 Å². The van der Waals surface area contributed by atoms with Crippen LogP contribution in [0.1, 0.15) is 39.2 Å². The Morgan fingerprint density at radius 3 is 2.61 bits per heavy atom. The Labute approximate surface area is 200 Å². The van der Waals surface area contributed by atoms with Crippen LogP contribution in [-0.4, -0.2) is 30.7 Å². The zero-order valence-electron chi connectivity index (χ0n) is 17.6. The maximum atomic E-state index is 12.0. The standard InChI is InChI=1S/C22H25ClIN3O4/c1-4-30-19-11-15(10-18(24)22(19)31-14(2)3)13-25-27-21(29)9-8-20(28)26-17-7-5-6-16(23)12-17/h5-7,10-14H,4,8-9H2,1-3H3,(H,26,28)(H,27,29). The van der Waals surface area contributed by atoms with Gasteiger partial charge in [0.05, 0.1) is 22.5 Å². The van der Waals surface area contributed by atoms with Crippen molar-refractivity contribution in [3.05, 3.63) is 50.6 Å². The summed E-state index contributed by atoms with van der Waals surface area (Å²) in [4.78, 5) is 24.0. The van der Waals surface area contributed by atoms with E-state index in [1.54, 1.807) is 30.3 Å². The van der Waals surface area contributed by atoms with Crippen LogP contribution in [0.4, 0.5) is 5.69 Å². The van der Waals surface area contributed by atoms with E-state index in [0.717, 1.165) is 9.13 Å². The molecule has 0 radical (unpaired) electrons. The van der Waals surface area contributed by atoms with Gasteiger partial charge < -0.3 is 14.8 Å². The quantitative estimate of drug-likeness (QED) is 0.244. The molecule has 2 rings (SSSR count). The molecular weight excluding hydrogens is 533 g/mol. The normalized spacial score (nSPS) is 10.9. The van der Waals surface area contributed by atoms with Crippen molar-refractivity contribution >= 4 is 57.9 Å². The summed E-state index contributed by atoms with van der Waals surface area (Å²) in [5.74, 6) is 0.660. The van der Waals surface area contributed by atoms with Crippen molar-refractivity contribution < 1.29 is 19.1 Å². The predicted molar refractivity (Wildman–Crippen MR) is 131 cm³/mol. The Bertz CT molecular complexity index is 950. The zero-order valence-corrected chi connectivity index (χ0v) is 20.5. The molecule has 2 amide bonds. The van der Waals surface area contributed by atoms with Gasteiger partial charge in [0.1, 0.15) is 0 Å². The summed E-state index contributed by atoms with van der Waals surface area (Å²) < 4.78 is 12.4. The molecule has 2 N–H and O–H groups in total. The third kappa shape index (κ3) is 8.74. The van der Waals surface area contributed by atoms with Gasteiger partial charge in [-0.1, -0.05) is 17.7 Å². The summed E-state index contributed by atoms with van der Waals surface area (Å²) in [5.41, 5.74) is 3.77. The van der Waals surface area contributed by atoms with Crippen molar-refractivity contribution in [2.75, 3.05) is 11.9 Å². The van der Waals surface area contributed by atoms with Gasteiger partial charge in [0, 0.05) is 23.6 Å². The Kier molecular flexibility index (Phi) is 10.1. The highest BCUT2D eigenvalue weighted by Gasteiger charge is 2.13. The molecule has 9 heteroatoms. The maximum Gasteiger partial charge on any atom is 0.240 e. The van der Waals surface area contributed by atoms with Gasteiger partial charge in [-0.3, -0.25) is 9.59 Å². The molecule has 0 unspecified atom stereocenters. The topological polar surface area (TPSA) is 89.0 Å². The van der Waals surface area contributed by atoms with Gasteiger partial charge in [0.2, 0.25) is 11.8 Å². The molecule has 166 valence electrons. The van der Waals surface area contributed by atoms with E-state index >= 15 is 0 Å². The van der Waals surface area contributed by atoms with Gasteiger partial charge in [-0.25, -0.2) is 5.43 Å². The number of amides is 2. The summed E-state index contributed by atoms with van der Waals surface area (Å²) in [5, 5.41) is 7.19. The Morgan fingerprint density at radius 2 is 1.94 bits per heavy atom. The number of hydrogen-bond donors (Lipinski definition) is 2. The number of hydrazone groups is 1. The molecule has 0 aliphatic rings. The average Bonchev–Trinajstić information content (AvgIpc) is 2.69. The molecule has 0 fully saturated rings. The lowest BCUT2D eigenvalue weighted by atomic mass is 10.2. The third-order valence-corrected chi connectivity index (χ3v) is 4.81. The molecule has 2 aromatic rings. The van der Waals surface area contributed by atoms with E-state index in [1.807, 2.05) is 26.8 Å². The average molecular weight is 558 g/mol. The molecule has 7 nitrogen and oxygen atoms in total. The SMILES string of the molecule is CCOc1cc(C=NNC(=O)CCC(=O)Nc2cccc(Cl)c2)cc(I)c1OC(C)C. The van der Waals surface area contributed by atoms with Crippen molar-refractivity contribution in [1.29, 1.82) is 0 Å². The van der Waals surface area contributed by atoms with Gasteiger partial charge in [-0.15, -0.1) is 0 Å². The number of nitrogens with zero attached hydrogens (tertiary/aromatic N) is 1. The molecule has 0 atom stereocenters. The molecule has 0 aromatic heterocycles. The van der Waals surface area contributed by atoms with Gasteiger partial charge in [-0.2, -0.15) is 5.10 Å². The fourth-order valence-electron chi connectivity index (χ4n) is 2.53. The molecule has 0 bridgehead atoms. The number of nitrogens with one attached hydrogen (secondary N) is 2. The van der Waals surface area contributed by atoms with Crippen LogP contribution in [0.15, 0.2) is 41.5 Å². The first-order valence-electron chi connectivity index (χ1n) is 9.78. The third-order valence-electron chi connectivity index (χ3n) is 3.78. The van der Waals surface area contributed by atoms with Crippen molar-refractivity contribution in [2.45, 2.75) is 39.7 Å². The van der Waals surface area contributed by atoms with Crippen LogP contribution < -0.4 is 20.2 Å². The van der Waals surface area contributed by atoms with E-state index in [4.69, 9.17) is 21.1 Å². The van der Waals surface area contributed by atoms with E-state index in [9.17, 15) is 9.59 Å². The second-order valence-corrected chi connectivity index (χ2v) is 8.38. The highest BCUT2D eigenvalue weighted by atomic mass is 127. The highest BCUT2D eigenvalue weighted by molar-refractivity contribution is 14.1. The Balaban J connectivity index is 1.89. The van der Waals surface area contributed by atoms with Crippen LogP contribution in [0, 0.1) is 3.57 Å². The lowest BCUT2D eigenvalue weighted by Crippen LogP contribution is -2.20. The number of carbonyl (C=O) groups excluding carboxylic acids is 2. The second-order valence-electron chi connectivity index (χ2n) is 6.78. The largest absolute Gasteiger partial charge is 0.490 e. The monoisotopic (exact) mass is 557 g/mol. The number of hydrogen-bond acceptors (Lipinski definition) is 5. The van der Waals surface area contributed by atoms with Gasteiger partial charge >= 0.3 is 0 Å². The first kappa shape index (κ1) is 24.9. The Hall–Kier alpha value is -2.33. The molecule has 0 heterocycles. The molecule has 0 aliphatic heterocycles. The van der Waals surface area contributed by atoms with Crippen LogP contribution in [0.3, 0.4) is 0 Å². The lowest BCUT2D eigenvalue weighted by Gasteiger charge is -2.16. The van der Waals surface area contributed by atoms with E-state index < -0.39 is 0 Å². The van der Waals surface area contributed by atoms with Gasteiger partial charge in [0.25, 0.3) is 0 Å². The highest BCUT2D eigenvalue weighted by Crippen LogP contribution is 2.34. The number of anilines is 1. The molecule has 0 spiro atoms. The van der Waals surface area contributed by atoms with Crippen molar-refractivity contribution in [3.63, 3.8) is 0 Å². The molecule has 0 aliphatic carbocycles. The maximum absolute atomic E-state index is 12.0. The van der Waals surface area contributed by atoms with E-state index in [1.165, 1.54) is 6.21 Å². The van der Waals surface area contributed by atoms with Crippen LogP contribution in [0.5, 0.6) is 11.5 Å². The first-order valence-corrected chi connectivity index (χ1v) is 11.2. The van der Waals surface area contributed by atoms with Crippen LogP contribution in [-0.2, 0) is 9.59 Å². The molecule has 31 heavy (non-hydrogen) atoms. The van der Waals surface area contributed by atoms with E-state index in [2.05, 4.69) is 38.4 Å². The lowest BCUT2D eigenvalue weighted by molar-refractivity contribution is -0.124. The fourth-order valence-corrected chi connectivity index (χ4v) is 3.47. The summed E-state index contributed by atoms with van der Waals surface area (Å²) in [6.07, 6.45) is 1.57. The zero-order chi connectivity index (χ0) is 22.8. The van der Waals surface area contributed by atoms with Crippen LogP contribution in [0.2, 0.25) is 5.02 Å². The summed E-state index contributed by atoms with van der Waals surface area (Å²) in [7, 11) is 0. The van der Waals surface area contributed by atoms with E-state index in [0.29, 0.717) is 28.8 Å². The molecule has 0 saturated heterocycles. The summed E-state index contributed by atoms with van der Waals surface area (Å²) >= 11 is 8.06. The van der Waals surface area contributed by atoms with Gasteiger partial charge in [0.15, 0.2) is 11.5 Å². The molecule has 0 saturated carbocycles. The van der Waals surface area contributed by atoms with Crippen LogP contribution in [0.25, 0.3) is 0 Å².